The van der Waals surface area contributed by atoms with Crippen molar-refractivity contribution in [3.8, 4) is 0 Å². The molecule has 4 rings (SSSR count). The van der Waals surface area contributed by atoms with Crippen molar-refractivity contribution in [2.45, 2.75) is 13.5 Å². The number of hydrogen-bond donors (Lipinski definition) is 1. The molecule has 1 amide bonds. The molecule has 1 N–H and O–H groups in total. The Morgan fingerprint density at radius 1 is 1.19 bits per heavy atom. The van der Waals surface area contributed by atoms with Crippen LogP contribution in [0.3, 0.4) is 0 Å². The number of benzene rings is 1. The maximum Gasteiger partial charge on any atom is 0.263 e. The molecule has 0 saturated heterocycles. The van der Waals surface area contributed by atoms with Crippen LogP contribution < -0.4 is 5.32 Å². The molecule has 0 unspecified atom stereocenters. The Morgan fingerprint density at radius 3 is 2.81 bits per heavy atom. The smallest absolute Gasteiger partial charge is 0.263 e. The summed E-state index contributed by atoms with van der Waals surface area (Å²) in [5.41, 5.74) is 2.58. The van der Waals surface area contributed by atoms with Crippen LogP contribution >= 0.6 is 15.9 Å². The van der Waals surface area contributed by atoms with Crippen molar-refractivity contribution in [1.29, 1.82) is 0 Å². The standard InChI is InChI=1S/C17H14BrN7O/c1-11-14(15-19-7-2-8-25(15)22-11)16(26)21-17-20-10-24(23-17)9-12-3-5-13(18)6-4-12/h2-8,10H,9H2,1H3,(H,21,23,26). The Hall–Kier alpha value is -3.07. The molecule has 0 atom stereocenters. The summed E-state index contributed by atoms with van der Waals surface area (Å²) in [5.74, 6) is -0.0978. The Bertz CT molecular complexity index is 1080. The Balaban J connectivity index is 1.52. The van der Waals surface area contributed by atoms with Crippen molar-refractivity contribution >= 4 is 33.4 Å². The average Bonchev–Trinajstić information content (AvgIpc) is 3.19. The molecule has 0 aliphatic heterocycles. The Kier molecular flexibility index (Phi) is 4.21. The molecule has 0 saturated carbocycles. The van der Waals surface area contributed by atoms with Gasteiger partial charge in [-0.1, -0.05) is 28.1 Å². The maximum absolute atomic E-state index is 12.6. The quantitative estimate of drug-likeness (QED) is 0.557. The van der Waals surface area contributed by atoms with Gasteiger partial charge in [-0.05, 0) is 30.7 Å². The number of carbonyl (C=O) groups excluding carboxylic acids is 1. The van der Waals surface area contributed by atoms with Crippen molar-refractivity contribution in [3.63, 3.8) is 0 Å². The largest absolute Gasteiger partial charge is 0.289 e. The molecule has 0 spiro atoms. The van der Waals surface area contributed by atoms with E-state index in [4.69, 9.17) is 0 Å². The van der Waals surface area contributed by atoms with Crippen LogP contribution in [0.15, 0.2) is 53.5 Å². The Morgan fingerprint density at radius 2 is 2.00 bits per heavy atom. The van der Waals surface area contributed by atoms with Crippen LogP contribution in [0.2, 0.25) is 0 Å². The molecule has 0 aliphatic rings. The van der Waals surface area contributed by atoms with E-state index in [-0.39, 0.29) is 11.9 Å². The first-order chi connectivity index (χ1) is 12.6. The average molecular weight is 412 g/mol. The first kappa shape index (κ1) is 16.4. The second-order valence-corrected chi connectivity index (χ2v) is 6.61. The molecule has 0 fully saturated rings. The zero-order chi connectivity index (χ0) is 18.1. The zero-order valence-electron chi connectivity index (χ0n) is 13.8. The highest BCUT2D eigenvalue weighted by Gasteiger charge is 2.19. The van der Waals surface area contributed by atoms with Gasteiger partial charge < -0.3 is 0 Å². The van der Waals surface area contributed by atoms with E-state index < -0.39 is 0 Å². The van der Waals surface area contributed by atoms with Gasteiger partial charge in [0.2, 0.25) is 5.95 Å². The third-order valence-corrected chi connectivity index (χ3v) is 4.35. The van der Waals surface area contributed by atoms with Gasteiger partial charge in [0, 0.05) is 16.9 Å². The van der Waals surface area contributed by atoms with E-state index in [0.29, 0.717) is 23.4 Å². The molecule has 0 radical (unpaired) electrons. The summed E-state index contributed by atoms with van der Waals surface area (Å²) in [7, 11) is 0. The number of amides is 1. The van der Waals surface area contributed by atoms with Gasteiger partial charge in [-0.25, -0.2) is 19.2 Å². The fraction of sp³-hybridized carbons (Fsp3) is 0.118. The van der Waals surface area contributed by atoms with Crippen LogP contribution in [-0.2, 0) is 6.54 Å². The SMILES string of the molecule is Cc1nn2cccnc2c1C(=O)Nc1ncn(Cc2ccc(Br)cc2)n1. The number of aryl methyl sites for hydroxylation is 1. The summed E-state index contributed by atoms with van der Waals surface area (Å²) in [6.07, 6.45) is 4.95. The lowest BCUT2D eigenvalue weighted by molar-refractivity contribution is 0.102. The second-order valence-electron chi connectivity index (χ2n) is 5.69. The Labute approximate surface area is 157 Å². The van der Waals surface area contributed by atoms with E-state index in [2.05, 4.69) is 41.4 Å². The minimum Gasteiger partial charge on any atom is -0.289 e. The van der Waals surface area contributed by atoms with Crippen LogP contribution in [0.4, 0.5) is 5.95 Å². The molecule has 0 aliphatic carbocycles. The van der Waals surface area contributed by atoms with Crippen molar-refractivity contribution in [1.82, 2.24) is 29.4 Å². The van der Waals surface area contributed by atoms with E-state index in [1.165, 1.54) is 0 Å². The molecule has 1 aromatic carbocycles. The normalized spacial score (nSPS) is 11.0. The van der Waals surface area contributed by atoms with E-state index >= 15 is 0 Å². The van der Waals surface area contributed by atoms with Crippen molar-refractivity contribution < 1.29 is 4.79 Å². The highest BCUT2D eigenvalue weighted by molar-refractivity contribution is 9.10. The van der Waals surface area contributed by atoms with Crippen LogP contribution in [-0.4, -0.2) is 35.3 Å². The summed E-state index contributed by atoms with van der Waals surface area (Å²) in [6, 6.07) is 9.69. The fourth-order valence-corrected chi connectivity index (χ4v) is 2.90. The number of halogens is 1. The summed E-state index contributed by atoms with van der Waals surface area (Å²) >= 11 is 3.41. The van der Waals surface area contributed by atoms with E-state index in [1.807, 2.05) is 24.3 Å². The van der Waals surface area contributed by atoms with Gasteiger partial charge in [0.05, 0.1) is 12.2 Å². The molecule has 3 aromatic heterocycles. The topological polar surface area (TPSA) is 90.0 Å². The summed E-state index contributed by atoms with van der Waals surface area (Å²) in [4.78, 5) is 21.0. The van der Waals surface area contributed by atoms with Gasteiger partial charge in [-0.3, -0.25) is 10.1 Å². The molecule has 8 nitrogen and oxygen atoms in total. The zero-order valence-corrected chi connectivity index (χ0v) is 15.4. The summed E-state index contributed by atoms with van der Waals surface area (Å²) in [5, 5.41) is 11.3. The lowest BCUT2D eigenvalue weighted by Crippen LogP contribution is -2.14. The number of anilines is 1. The van der Waals surface area contributed by atoms with Gasteiger partial charge in [0.1, 0.15) is 11.9 Å². The van der Waals surface area contributed by atoms with Gasteiger partial charge in [-0.2, -0.15) is 5.10 Å². The van der Waals surface area contributed by atoms with Crippen molar-refractivity contribution in [2.24, 2.45) is 0 Å². The van der Waals surface area contributed by atoms with Gasteiger partial charge in [0.25, 0.3) is 5.91 Å². The van der Waals surface area contributed by atoms with E-state index in [9.17, 15) is 4.79 Å². The molecule has 26 heavy (non-hydrogen) atoms. The number of carbonyl (C=O) groups is 1. The molecule has 4 aromatic rings. The third kappa shape index (κ3) is 3.21. The highest BCUT2D eigenvalue weighted by Crippen LogP contribution is 2.15. The van der Waals surface area contributed by atoms with Gasteiger partial charge >= 0.3 is 0 Å². The third-order valence-electron chi connectivity index (χ3n) is 3.82. The number of fused-ring (bicyclic) bond motifs is 1. The number of hydrogen-bond acceptors (Lipinski definition) is 5. The van der Waals surface area contributed by atoms with Crippen LogP contribution in [0.1, 0.15) is 21.6 Å². The molecular weight excluding hydrogens is 398 g/mol. The molecule has 130 valence electrons. The molecule has 0 bridgehead atoms. The number of aromatic nitrogens is 6. The summed E-state index contributed by atoms with van der Waals surface area (Å²) in [6.45, 7) is 2.33. The molecule has 9 heteroatoms. The van der Waals surface area contributed by atoms with Crippen molar-refractivity contribution in [2.75, 3.05) is 5.32 Å². The van der Waals surface area contributed by atoms with Crippen LogP contribution in [0, 0.1) is 6.92 Å². The first-order valence-corrected chi connectivity index (χ1v) is 8.64. The number of nitrogens with zero attached hydrogens (tertiary/aromatic N) is 6. The lowest BCUT2D eigenvalue weighted by Gasteiger charge is -2.02. The minimum absolute atomic E-state index is 0.238. The number of rotatable bonds is 4. The second kappa shape index (κ2) is 6.68. The van der Waals surface area contributed by atoms with E-state index in [0.717, 1.165) is 10.0 Å². The fourth-order valence-electron chi connectivity index (χ4n) is 2.63. The van der Waals surface area contributed by atoms with Crippen LogP contribution in [0.5, 0.6) is 0 Å². The lowest BCUT2D eigenvalue weighted by atomic mass is 10.2. The summed E-state index contributed by atoms with van der Waals surface area (Å²) < 4.78 is 4.26. The molecular formula is C17H14BrN7O. The first-order valence-electron chi connectivity index (χ1n) is 7.85. The predicted molar refractivity (Wildman–Crippen MR) is 98.9 cm³/mol. The van der Waals surface area contributed by atoms with Gasteiger partial charge in [0.15, 0.2) is 5.65 Å². The highest BCUT2D eigenvalue weighted by atomic mass is 79.9. The predicted octanol–water partition coefficient (Wildman–Crippen LogP) is 2.69. The minimum atomic E-state index is -0.336. The van der Waals surface area contributed by atoms with Crippen LogP contribution in [0.25, 0.3) is 5.65 Å². The maximum atomic E-state index is 12.6. The van der Waals surface area contributed by atoms with E-state index in [1.54, 1.807) is 40.9 Å². The molecule has 3 heterocycles. The monoisotopic (exact) mass is 411 g/mol. The van der Waals surface area contributed by atoms with Gasteiger partial charge in [-0.15, -0.1) is 5.10 Å². The number of nitrogens with one attached hydrogen (secondary N) is 1. The van der Waals surface area contributed by atoms with Crippen molar-refractivity contribution in [3.05, 3.63) is 70.3 Å².